The number of hydrogen-bond acceptors (Lipinski definition) is 4. The van der Waals surface area contributed by atoms with Gasteiger partial charge in [-0.1, -0.05) is 0 Å². The third-order valence-electron chi connectivity index (χ3n) is 3.95. The van der Waals surface area contributed by atoms with Crippen molar-refractivity contribution in [2.24, 2.45) is 5.92 Å². The Hall–Kier alpha value is -0.920. The lowest BCUT2D eigenvalue weighted by atomic mass is 9.95. The minimum absolute atomic E-state index is 0.174. The molecular weight excluding hydrogens is 276 g/mol. The van der Waals surface area contributed by atoms with Gasteiger partial charge in [0.25, 0.3) is 10.0 Å². The van der Waals surface area contributed by atoms with Crippen LogP contribution >= 0.6 is 0 Å². The van der Waals surface area contributed by atoms with Gasteiger partial charge >= 0.3 is 0 Å². The van der Waals surface area contributed by atoms with Gasteiger partial charge in [0.15, 0.2) is 5.03 Å². The summed E-state index contributed by atoms with van der Waals surface area (Å²) < 4.78 is 28.3. The van der Waals surface area contributed by atoms with E-state index in [4.69, 9.17) is 0 Å². The van der Waals surface area contributed by atoms with Gasteiger partial charge in [-0.25, -0.2) is 13.4 Å². The Labute approximate surface area is 121 Å². The molecule has 0 bridgehead atoms. The molecule has 0 aliphatic carbocycles. The fourth-order valence-electron chi connectivity index (χ4n) is 2.56. The van der Waals surface area contributed by atoms with Crippen molar-refractivity contribution >= 4 is 10.0 Å². The first kappa shape index (κ1) is 15.5. The first-order chi connectivity index (χ1) is 9.57. The van der Waals surface area contributed by atoms with Crippen LogP contribution < -0.4 is 5.32 Å². The SMILES string of the molecule is CCn1cnc(S(=O)(=O)N2CCC(CCNC)CC2)c1. The Balaban J connectivity index is 1.98. The third-order valence-corrected chi connectivity index (χ3v) is 5.74. The average Bonchev–Trinajstić information content (AvgIpc) is 2.95. The maximum absolute atomic E-state index is 12.5. The second kappa shape index (κ2) is 6.69. The third kappa shape index (κ3) is 3.39. The van der Waals surface area contributed by atoms with Crippen LogP contribution in [0.5, 0.6) is 0 Å². The normalized spacial score (nSPS) is 18.5. The van der Waals surface area contributed by atoms with E-state index in [1.807, 2.05) is 14.0 Å². The number of piperidine rings is 1. The van der Waals surface area contributed by atoms with Gasteiger partial charge in [0, 0.05) is 25.8 Å². The van der Waals surface area contributed by atoms with Crippen molar-refractivity contribution in [2.45, 2.75) is 37.8 Å². The van der Waals surface area contributed by atoms with E-state index in [0.29, 0.717) is 19.0 Å². The largest absolute Gasteiger partial charge is 0.336 e. The zero-order chi connectivity index (χ0) is 14.6. The molecule has 0 spiro atoms. The lowest BCUT2D eigenvalue weighted by molar-refractivity contribution is 0.262. The van der Waals surface area contributed by atoms with Crippen LogP contribution in [0.15, 0.2) is 17.6 Å². The van der Waals surface area contributed by atoms with E-state index in [2.05, 4.69) is 10.3 Å². The van der Waals surface area contributed by atoms with E-state index in [-0.39, 0.29) is 5.03 Å². The van der Waals surface area contributed by atoms with E-state index in [1.54, 1.807) is 21.4 Å². The summed E-state index contributed by atoms with van der Waals surface area (Å²) in [5.74, 6) is 0.627. The van der Waals surface area contributed by atoms with Crippen LogP contribution in [0.4, 0.5) is 0 Å². The number of aryl methyl sites for hydroxylation is 1. The molecule has 0 amide bonds. The first-order valence-corrected chi connectivity index (χ1v) is 8.68. The Morgan fingerprint density at radius 2 is 2.10 bits per heavy atom. The van der Waals surface area contributed by atoms with Crippen LogP contribution in [0.2, 0.25) is 0 Å². The highest BCUT2D eigenvalue weighted by Gasteiger charge is 2.30. The van der Waals surface area contributed by atoms with Crippen molar-refractivity contribution in [3.63, 3.8) is 0 Å². The van der Waals surface area contributed by atoms with Gasteiger partial charge in [0.2, 0.25) is 0 Å². The Morgan fingerprint density at radius 3 is 2.65 bits per heavy atom. The molecular formula is C13H24N4O2S. The molecule has 6 nitrogen and oxygen atoms in total. The summed E-state index contributed by atoms with van der Waals surface area (Å²) in [6.07, 6.45) is 6.19. The van der Waals surface area contributed by atoms with Gasteiger partial charge in [-0.15, -0.1) is 0 Å². The highest BCUT2D eigenvalue weighted by molar-refractivity contribution is 7.89. The van der Waals surface area contributed by atoms with Gasteiger partial charge in [-0.3, -0.25) is 0 Å². The molecule has 2 heterocycles. The highest BCUT2D eigenvalue weighted by atomic mass is 32.2. The molecule has 1 aromatic heterocycles. The summed E-state index contributed by atoms with van der Waals surface area (Å²) in [6, 6.07) is 0. The van der Waals surface area contributed by atoms with E-state index in [1.165, 1.54) is 0 Å². The average molecular weight is 300 g/mol. The molecule has 0 saturated carbocycles. The van der Waals surface area contributed by atoms with Gasteiger partial charge in [0.1, 0.15) is 0 Å². The molecule has 1 aliphatic heterocycles. The number of hydrogen-bond donors (Lipinski definition) is 1. The number of rotatable bonds is 6. The van der Waals surface area contributed by atoms with Crippen molar-refractivity contribution in [3.05, 3.63) is 12.5 Å². The zero-order valence-corrected chi connectivity index (χ0v) is 13.1. The van der Waals surface area contributed by atoms with Crippen molar-refractivity contribution in [1.82, 2.24) is 19.2 Å². The number of aromatic nitrogens is 2. The molecule has 114 valence electrons. The van der Waals surface area contributed by atoms with Crippen LogP contribution in [-0.2, 0) is 16.6 Å². The maximum atomic E-state index is 12.5. The van der Waals surface area contributed by atoms with E-state index in [9.17, 15) is 8.42 Å². The van der Waals surface area contributed by atoms with Gasteiger partial charge in [-0.2, -0.15) is 4.31 Å². The molecule has 2 rings (SSSR count). The topological polar surface area (TPSA) is 67.2 Å². The molecule has 0 radical (unpaired) electrons. The Kier molecular flexibility index (Phi) is 5.17. The lowest BCUT2D eigenvalue weighted by Crippen LogP contribution is -2.39. The first-order valence-electron chi connectivity index (χ1n) is 7.24. The monoisotopic (exact) mass is 300 g/mol. The van der Waals surface area contributed by atoms with Gasteiger partial charge in [0.05, 0.1) is 6.33 Å². The summed E-state index contributed by atoms with van der Waals surface area (Å²) in [5.41, 5.74) is 0. The van der Waals surface area contributed by atoms with E-state index >= 15 is 0 Å². The molecule has 1 aliphatic rings. The summed E-state index contributed by atoms with van der Waals surface area (Å²) in [6.45, 7) is 4.91. The minimum atomic E-state index is -3.41. The zero-order valence-electron chi connectivity index (χ0n) is 12.2. The molecule has 20 heavy (non-hydrogen) atoms. The van der Waals surface area contributed by atoms with Crippen LogP contribution in [0.3, 0.4) is 0 Å². The Morgan fingerprint density at radius 1 is 1.40 bits per heavy atom. The number of sulfonamides is 1. The fourth-order valence-corrected chi connectivity index (χ4v) is 3.97. The van der Waals surface area contributed by atoms with Gasteiger partial charge in [-0.05, 0) is 45.7 Å². The predicted octanol–water partition coefficient (Wildman–Crippen LogP) is 0.913. The molecule has 1 aromatic rings. The molecule has 1 N–H and O–H groups in total. The molecule has 1 saturated heterocycles. The molecule has 0 aromatic carbocycles. The number of nitrogens with one attached hydrogen (secondary N) is 1. The fraction of sp³-hybridized carbons (Fsp3) is 0.769. The predicted molar refractivity (Wildman–Crippen MR) is 77.9 cm³/mol. The van der Waals surface area contributed by atoms with Crippen LogP contribution in [0.1, 0.15) is 26.2 Å². The van der Waals surface area contributed by atoms with Crippen molar-refractivity contribution in [1.29, 1.82) is 0 Å². The van der Waals surface area contributed by atoms with Crippen molar-refractivity contribution in [3.8, 4) is 0 Å². The van der Waals surface area contributed by atoms with E-state index < -0.39 is 10.0 Å². The van der Waals surface area contributed by atoms with Crippen LogP contribution in [-0.4, -0.2) is 49.0 Å². The Bertz CT molecular complexity index is 518. The summed E-state index contributed by atoms with van der Waals surface area (Å²) >= 11 is 0. The van der Waals surface area contributed by atoms with Gasteiger partial charge < -0.3 is 9.88 Å². The summed E-state index contributed by atoms with van der Waals surface area (Å²) in [4.78, 5) is 4.03. The lowest BCUT2D eigenvalue weighted by Gasteiger charge is -2.30. The smallest absolute Gasteiger partial charge is 0.262 e. The minimum Gasteiger partial charge on any atom is -0.336 e. The summed E-state index contributed by atoms with van der Waals surface area (Å²) in [7, 11) is -1.46. The molecule has 0 atom stereocenters. The summed E-state index contributed by atoms with van der Waals surface area (Å²) in [5, 5.41) is 3.32. The number of imidazole rings is 1. The quantitative estimate of drug-likeness (QED) is 0.848. The van der Waals surface area contributed by atoms with Crippen LogP contribution in [0, 0.1) is 5.92 Å². The van der Waals surface area contributed by atoms with E-state index in [0.717, 1.165) is 32.4 Å². The van der Waals surface area contributed by atoms with Crippen molar-refractivity contribution < 1.29 is 8.42 Å². The highest BCUT2D eigenvalue weighted by Crippen LogP contribution is 2.24. The number of nitrogens with zero attached hydrogens (tertiary/aromatic N) is 3. The molecule has 7 heteroatoms. The maximum Gasteiger partial charge on any atom is 0.262 e. The van der Waals surface area contributed by atoms with Crippen molar-refractivity contribution in [2.75, 3.05) is 26.7 Å². The van der Waals surface area contributed by atoms with Crippen LogP contribution in [0.25, 0.3) is 0 Å². The second-order valence-electron chi connectivity index (χ2n) is 5.28. The second-order valence-corrected chi connectivity index (χ2v) is 7.17. The molecule has 0 unspecified atom stereocenters. The standard InChI is InChI=1S/C13H24N4O2S/c1-3-16-10-13(15-11-16)20(18,19)17-8-5-12(6-9-17)4-7-14-2/h10-12,14H,3-9H2,1-2H3. The molecule has 1 fully saturated rings.